The van der Waals surface area contributed by atoms with Crippen LogP contribution in [-0.4, -0.2) is 8.07 Å². The van der Waals surface area contributed by atoms with Crippen LogP contribution >= 0.6 is 0 Å². The maximum atomic E-state index is 2.54. The van der Waals surface area contributed by atoms with Crippen molar-refractivity contribution in [3.63, 3.8) is 0 Å². The van der Waals surface area contributed by atoms with Gasteiger partial charge in [-0.15, -0.1) is 0 Å². The number of benzene rings is 1. The van der Waals surface area contributed by atoms with Gasteiger partial charge in [-0.3, -0.25) is 0 Å². The summed E-state index contributed by atoms with van der Waals surface area (Å²) in [6.07, 6.45) is 6.73. The molecule has 0 atom stereocenters. The summed E-state index contributed by atoms with van der Waals surface area (Å²) in [6, 6.07) is 21.7. The number of hydrogen-bond acceptors (Lipinski definition) is 0. The van der Waals surface area contributed by atoms with Gasteiger partial charge in [-0.2, -0.15) is 22.9 Å². The van der Waals surface area contributed by atoms with Gasteiger partial charge in [0.05, 0.1) is 8.07 Å². The predicted octanol–water partition coefficient (Wildman–Crippen LogP) is -4.89. The van der Waals surface area contributed by atoms with E-state index in [1.807, 2.05) is 0 Å². The predicted molar refractivity (Wildman–Crippen MR) is 91.0 cm³/mol. The fraction of sp³-hybridized carbons (Fsp3) is 0.421. The van der Waals surface area contributed by atoms with Crippen LogP contribution in [0.1, 0.15) is 38.2 Å². The van der Waals surface area contributed by atoms with Crippen LogP contribution in [0.15, 0.2) is 48.5 Å². The second-order valence-corrected chi connectivity index (χ2v) is 10.6. The average molecular weight is 436 g/mol. The van der Waals surface area contributed by atoms with Crippen molar-refractivity contribution in [2.24, 2.45) is 0 Å². The van der Waals surface area contributed by atoms with Crippen molar-refractivity contribution >= 4 is 18.4 Å². The molecule has 5 heteroatoms. The summed E-state index contributed by atoms with van der Waals surface area (Å²) in [4.78, 5) is 0. The Morgan fingerprint density at radius 3 is 2.17 bits per heavy atom. The summed E-state index contributed by atoms with van der Waals surface area (Å²) < 4.78 is 0. The quantitative estimate of drug-likeness (QED) is 0.326. The van der Waals surface area contributed by atoms with Gasteiger partial charge < -0.3 is 37.2 Å². The van der Waals surface area contributed by atoms with E-state index in [0.717, 1.165) is 0 Å². The molecule has 3 rings (SSSR count). The van der Waals surface area contributed by atoms with Crippen molar-refractivity contribution < 1.29 is 58.9 Å². The molecule has 24 heavy (non-hydrogen) atoms. The normalized spacial score (nSPS) is 14.5. The second kappa shape index (κ2) is 12.7. The molecule has 0 aromatic heterocycles. The first-order valence-corrected chi connectivity index (χ1v) is 10.6. The molecular weight excluding hydrogens is 411 g/mol. The van der Waals surface area contributed by atoms with Crippen LogP contribution in [0.25, 0.3) is 0 Å². The first-order valence-electron chi connectivity index (χ1n) is 8.17. The number of unbranched alkanes of at least 4 members (excludes halogenated alkanes) is 1. The third kappa shape index (κ3) is 5.69. The van der Waals surface area contributed by atoms with E-state index in [1.54, 1.807) is 15.9 Å². The van der Waals surface area contributed by atoms with Gasteiger partial charge in [0, 0.05) is 0 Å². The van der Waals surface area contributed by atoms with Gasteiger partial charge in [-0.05, 0) is 0 Å². The van der Waals surface area contributed by atoms with Crippen LogP contribution in [0, 0.1) is 0 Å². The van der Waals surface area contributed by atoms with Crippen LogP contribution in [0.5, 0.6) is 0 Å². The monoisotopic (exact) mass is 434 g/mol. The summed E-state index contributed by atoms with van der Waals surface area (Å²) in [6.45, 7) is 2.28. The average Bonchev–Trinajstić information content (AvgIpc) is 3.16. The van der Waals surface area contributed by atoms with Crippen molar-refractivity contribution in [2.45, 2.75) is 51.1 Å². The molecule has 130 valence electrons. The van der Waals surface area contributed by atoms with Gasteiger partial charge in [0.1, 0.15) is 0 Å². The molecule has 0 unspecified atom stereocenters. The zero-order valence-electron chi connectivity index (χ0n) is 14.2. The van der Waals surface area contributed by atoms with Gasteiger partial charge in [0.25, 0.3) is 0 Å². The molecule has 0 saturated carbocycles. The van der Waals surface area contributed by atoms with Crippen molar-refractivity contribution in [2.75, 3.05) is 0 Å². The summed E-state index contributed by atoms with van der Waals surface area (Å²) in [7, 11) is -1.40. The third-order valence-corrected chi connectivity index (χ3v) is 10.2. The van der Waals surface area contributed by atoms with E-state index in [9.17, 15) is 0 Å². The molecule has 0 spiro atoms. The van der Waals surface area contributed by atoms with Crippen molar-refractivity contribution in [3.05, 3.63) is 54.1 Å². The molecule has 2 aromatic carbocycles. The van der Waals surface area contributed by atoms with Crippen molar-refractivity contribution in [1.29, 1.82) is 0 Å². The SMILES string of the molecule is CCCCc1cc[c-]([Si]2(c3ccccc3)CCCC2)c1.[Cl-].[Cl-].[Cl-].[Ti+4]. The zero-order valence-corrected chi connectivity index (χ0v) is 19.0. The molecule has 0 bridgehead atoms. The second-order valence-electron chi connectivity index (χ2n) is 6.27. The van der Waals surface area contributed by atoms with E-state index in [1.165, 1.54) is 44.2 Å². The molecule has 0 radical (unpaired) electrons. The fourth-order valence-electron chi connectivity index (χ4n) is 3.81. The summed E-state index contributed by atoms with van der Waals surface area (Å²) in [5.74, 6) is 0. The third-order valence-electron chi connectivity index (χ3n) is 4.97. The van der Waals surface area contributed by atoms with Crippen LogP contribution in [-0.2, 0) is 28.1 Å². The van der Waals surface area contributed by atoms with Crippen LogP contribution < -0.4 is 47.6 Å². The molecule has 0 aliphatic carbocycles. The molecule has 0 nitrogen and oxygen atoms in total. The minimum Gasteiger partial charge on any atom is -1.00 e. The molecule has 2 aromatic rings. The Morgan fingerprint density at radius 2 is 1.58 bits per heavy atom. The fourth-order valence-corrected chi connectivity index (χ4v) is 8.95. The number of hydrogen-bond donors (Lipinski definition) is 0. The topological polar surface area (TPSA) is 0 Å². The Balaban J connectivity index is 0. The summed E-state index contributed by atoms with van der Waals surface area (Å²) in [5, 5.41) is 3.36. The molecule has 1 heterocycles. The molecule has 1 aliphatic heterocycles. The van der Waals surface area contributed by atoms with E-state index in [2.05, 4.69) is 55.5 Å². The van der Waals surface area contributed by atoms with Gasteiger partial charge in [-0.1, -0.05) is 86.6 Å². The molecule has 1 aliphatic rings. The Hall–Kier alpha value is 0.371. The van der Waals surface area contributed by atoms with Gasteiger partial charge in [0.15, 0.2) is 0 Å². The minimum absolute atomic E-state index is 0. The first kappa shape index (κ1) is 26.6. The first-order chi connectivity index (χ1) is 9.85. The van der Waals surface area contributed by atoms with E-state index >= 15 is 0 Å². The van der Waals surface area contributed by atoms with E-state index in [0.29, 0.717) is 0 Å². The van der Waals surface area contributed by atoms with Crippen LogP contribution in [0.4, 0.5) is 0 Å². The van der Waals surface area contributed by atoms with Crippen molar-refractivity contribution in [1.82, 2.24) is 0 Å². The maximum absolute atomic E-state index is 2.54. The number of rotatable bonds is 5. The smallest absolute Gasteiger partial charge is 1.00 e. The maximum Gasteiger partial charge on any atom is 4.00 e. The number of halogens is 3. The molecule has 0 N–H and O–H groups in total. The number of aryl methyl sites for hydroxylation is 1. The summed E-state index contributed by atoms with van der Waals surface area (Å²) in [5.41, 5.74) is 1.57. The Bertz CT molecular complexity index is 551. The molecule has 0 amide bonds. The van der Waals surface area contributed by atoms with Gasteiger partial charge in [-0.25, -0.2) is 6.07 Å². The van der Waals surface area contributed by atoms with Crippen LogP contribution in [0.3, 0.4) is 0 Å². The zero-order chi connectivity index (χ0) is 13.8. The largest absolute Gasteiger partial charge is 4.00 e. The Labute approximate surface area is 181 Å². The van der Waals surface area contributed by atoms with Crippen LogP contribution in [0.2, 0.25) is 12.1 Å². The molecular formula is C19H25Cl3SiTi. The van der Waals surface area contributed by atoms with E-state index < -0.39 is 8.07 Å². The Kier molecular flexibility index (Phi) is 14.1. The summed E-state index contributed by atoms with van der Waals surface area (Å²) >= 11 is 0. The van der Waals surface area contributed by atoms with Gasteiger partial charge >= 0.3 is 21.7 Å². The minimum atomic E-state index is -1.40. The van der Waals surface area contributed by atoms with E-state index in [-0.39, 0.29) is 58.9 Å². The standard InChI is InChI=1S/C19H25Si.3ClH.Ti/c1-2-3-9-17-12-13-19(16-17)20(14-7-8-15-20)18-10-5-4-6-11-18;;;;/h4-6,10-13,16H,2-3,7-9,14-15H2,1H3;3*1H;/q-1;;;;+4/p-3. The Morgan fingerprint density at radius 1 is 0.958 bits per heavy atom. The molecule has 1 fully saturated rings. The van der Waals surface area contributed by atoms with Crippen molar-refractivity contribution in [3.8, 4) is 0 Å². The molecule has 1 saturated heterocycles. The van der Waals surface area contributed by atoms with E-state index in [4.69, 9.17) is 0 Å². The van der Waals surface area contributed by atoms with Gasteiger partial charge in [0.2, 0.25) is 0 Å².